The molecule has 2 aromatic carbocycles. The monoisotopic (exact) mass is 747 g/mol. The van der Waals surface area contributed by atoms with Crippen molar-refractivity contribution in [3.05, 3.63) is 88.4 Å². The predicted molar refractivity (Wildman–Crippen MR) is 207 cm³/mol. The number of rotatable bonds is 19. The normalized spacial score (nSPS) is 16.4. The van der Waals surface area contributed by atoms with E-state index < -0.39 is 53.3 Å². The Bertz CT molecular complexity index is 1580. The van der Waals surface area contributed by atoms with Gasteiger partial charge in [0.15, 0.2) is 0 Å². The smallest absolute Gasteiger partial charge is 0.243 e. The fourth-order valence-electron chi connectivity index (χ4n) is 7.19. The molecule has 12 heteroatoms. The van der Waals surface area contributed by atoms with Crippen LogP contribution in [-0.2, 0) is 38.6 Å². The molecule has 1 fully saturated rings. The van der Waals surface area contributed by atoms with E-state index >= 15 is 0 Å². The second-order valence-corrected chi connectivity index (χ2v) is 15.8. The fourth-order valence-corrected chi connectivity index (χ4v) is 7.76. The molecule has 4 amide bonds. The van der Waals surface area contributed by atoms with Gasteiger partial charge in [0.25, 0.3) is 0 Å². The highest BCUT2D eigenvalue weighted by atomic mass is 32.1. The van der Waals surface area contributed by atoms with Crippen LogP contribution >= 0.6 is 11.3 Å². The summed E-state index contributed by atoms with van der Waals surface area (Å²) in [5, 5.41) is 32.9. The summed E-state index contributed by atoms with van der Waals surface area (Å²) in [6.07, 6.45) is 4.84. The molecule has 0 spiro atoms. The zero-order valence-corrected chi connectivity index (χ0v) is 32.3. The van der Waals surface area contributed by atoms with E-state index in [1.165, 1.54) is 32.2 Å². The first-order valence-electron chi connectivity index (χ1n) is 18.8. The second-order valence-electron chi connectivity index (χ2n) is 15.0. The lowest BCUT2D eigenvalue weighted by atomic mass is 9.80. The van der Waals surface area contributed by atoms with Gasteiger partial charge in [0.2, 0.25) is 23.6 Å². The van der Waals surface area contributed by atoms with E-state index in [1.54, 1.807) is 17.5 Å². The van der Waals surface area contributed by atoms with Gasteiger partial charge in [0, 0.05) is 38.9 Å². The van der Waals surface area contributed by atoms with Crippen LogP contribution in [0.4, 0.5) is 0 Å². The molecule has 4 rings (SSSR count). The summed E-state index contributed by atoms with van der Waals surface area (Å²) in [6.45, 7) is 3.46. The first-order chi connectivity index (χ1) is 25.3. The third kappa shape index (κ3) is 13.3. The lowest BCUT2D eigenvalue weighted by Gasteiger charge is -2.35. The lowest BCUT2D eigenvalue weighted by Crippen LogP contribution is -2.56. The first-order valence-corrected chi connectivity index (χ1v) is 19.7. The Kier molecular flexibility index (Phi) is 16.0. The molecular weight excluding hydrogens is 691 g/mol. The van der Waals surface area contributed by atoms with Gasteiger partial charge in [-0.25, -0.2) is 4.98 Å². The van der Waals surface area contributed by atoms with Crippen LogP contribution in [0, 0.1) is 17.8 Å². The molecule has 1 heterocycles. The molecular formula is C41H57N5O6S. The lowest BCUT2D eigenvalue weighted by molar-refractivity contribution is -0.137. The molecule has 1 aliphatic rings. The minimum atomic E-state index is -1.41. The van der Waals surface area contributed by atoms with Crippen LogP contribution in [0.15, 0.2) is 71.6 Å². The molecule has 11 nitrogen and oxygen atoms in total. The maximum atomic E-state index is 14.3. The van der Waals surface area contributed by atoms with E-state index in [0.717, 1.165) is 43.2 Å². The van der Waals surface area contributed by atoms with Crippen molar-refractivity contribution in [2.75, 3.05) is 14.1 Å². The van der Waals surface area contributed by atoms with Crippen LogP contribution < -0.4 is 16.0 Å². The molecule has 1 aromatic heterocycles. The molecule has 0 saturated heterocycles. The Hall–Kier alpha value is -4.13. The number of aromatic nitrogens is 1. The van der Waals surface area contributed by atoms with Gasteiger partial charge in [-0.1, -0.05) is 92.8 Å². The average Bonchev–Trinajstić information content (AvgIpc) is 3.66. The molecule has 53 heavy (non-hydrogen) atoms. The standard InChI is InChI=1S/C41H57N5O6S/c1-41(2,52)33(39(50)42-3)24-36(47)34(21-29-16-10-6-11-17-29)44-40(51)35(23-32-26-53-27-43-32)45-38(49)31(20-28-14-8-5-9-15-28)22-37(48)46(4)25-30-18-12-7-13-19-30/h5,7-9,12-15,18-19,26-27,29,31,33-36,47,52H,6,10-11,16-17,20-25H2,1-4H3,(H,42,50)(H,44,51)(H,45,49)/t31-,33-,34+,35+,36+/m1/s1. The SMILES string of the molecule is CNC(=O)[C@@H](C[C@H](O)[C@H](CC1CCCCC1)NC(=O)[C@H](Cc1cscn1)NC(=O)[C@@H](CC(=O)N(C)Cc1ccccc1)Cc1ccccc1)C(C)(C)O. The summed E-state index contributed by atoms with van der Waals surface area (Å²) >= 11 is 1.38. The second kappa shape index (κ2) is 20.4. The molecule has 0 unspecified atom stereocenters. The highest BCUT2D eigenvalue weighted by molar-refractivity contribution is 7.07. The Morgan fingerprint density at radius 1 is 0.906 bits per heavy atom. The van der Waals surface area contributed by atoms with E-state index in [4.69, 9.17) is 0 Å². The van der Waals surface area contributed by atoms with Gasteiger partial charge in [0.05, 0.1) is 40.8 Å². The van der Waals surface area contributed by atoms with E-state index in [-0.39, 0.29) is 31.1 Å². The van der Waals surface area contributed by atoms with Crippen LogP contribution in [0.25, 0.3) is 0 Å². The summed E-state index contributed by atoms with van der Waals surface area (Å²) in [5.74, 6) is -2.94. The Labute approximate surface area is 318 Å². The third-order valence-corrected chi connectivity index (χ3v) is 11.0. The van der Waals surface area contributed by atoms with Crippen molar-refractivity contribution in [2.45, 2.75) is 108 Å². The van der Waals surface area contributed by atoms with Crippen molar-refractivity contribution in [1.82, 2.24) is 25.8 Å². The zero-order chi connectivity index (χ0) is 38.4. The number of nitrogens with one attached hydrogen (secondary N) is 3. The quantitative estimate of drug-likeness (QED) is 0.121. The topological polar surface area (TPSA) is 161 Å². The summed E-state index contributed by atoms with van der Waals surface area (Å²) in [4.78, 5) is 60.8. The van der Waals surface area contributed by atoms with E-state index in [9.17, 15) is 29.4 Å². The third-order valence-electron chi connectivity index (χ3n) is 10.3. The van der Waals surface area contributed by atoms with Crippen LogP contribution in [0.3, 0.4) is 0 Å². The zero-order valence-electron chi connectivity index (χ0n) is 31.5. The van der Waals surface area contributed by atoms with Crippen molar-refractivity contribution in [2.24, 2.45) is 17.8 Å². The number of hydrogen-bond acceptors (Lipinski definition) is 8. The molecule has 1 aliphatic carbocycles. The van der Waals surface area contributed by atoms with Gasteiger partial charge in [0.1, 0.15) is 6.04 Å². The van der Waals surface area contributed by atoms with Gasteiger partial charge in [-0.15, -0.1) is 11.3 Å². The fraction of sp³-hybridized carbons (Fsp3) is 0.537. The number of thiazole rings is 1. The minimum Gasteiger partial charge on any atom is -0.391 e. The molecule has 1 saturated carbocycles. The Morgan fingerprint density at radius 3 is 2.13 bits per heavy atom. The van der Waals surface area contributed by atoms with Crippen molar-refractivity contribution < 1.29 is 29.4 Å². The number of benzene rings is 2. The van der Waals surface area contributed by atoms with Crippen molar-refractivity contribution >= 4 is 35.0 Å². The maximum absolute atomic E-state index is 14.3. The highest BCUT2D eigenvalue weighted by Crippen LogP contribution is 2.30. The molecule has 0 radical (unpaired) electrons. The number of nitrogens with zero attached hydrogens (tertiary/aromatic N) is 2. The van der Waals surface area contributed by atoms with Gasteiger partial charge in [-0.3, -0.25) is 19.2 Å². The Morgan fingerprint density at radius 2 is 1.55 bits per heavy atom. The molecule has 3 aromatic rings. The van der Waals surface area contributed by atoms with Gasteiger partial charge in [-0.05, 0) is 50.2 Å². The van der Waals surface area contributed by atoms with Crippen molar-refractivity contribution in [3.63, 3.8) is 0 Å². The number of amides is 4. The molecule has 0 aliphatic heterocycles. The van der Waals surface area contributed by atoms with Crippen molar-refractivity contribution in [3.8, 4) is 0 Å². The van der Waals surface area contributed by atoms with Gasteiger partial charge >= 0.3 is 0 Å². The summed E-state index contributed by atoms with van der Waals surface area (Å²) in [7, 11) is 3.20. The number of aliphatic hydroxyl groups excluding tert-OH is 1. The summed E-state index contributed by atoms with van der Waals surface area (Å²) < 4.78 is 0. The minimum absolute atomic E-state index is 0.0596. The van der Waals surface area contributed by atoms with E-state index in [2.05, 4.69) is 20.9 Å². The average molecular weight is 748 g/mol. The molecule has 288 valence electrons. The molecule has 5 N–H and O–H groups in total. The summed E-state index contributed by atoms with van der Waals surface area (Å²) in [5.41, 5.74) is 2.74. The predicted octanol–water partition coefficient (Wildman–Crippen LogP) is 4.42. The van der Waals surface area contributed by atoms with E-state index in [0.29, 0.717) is 25.1 Å². The van der Waals surface area contributed by atoms with Gasteiger partial charge < -0.3 is 31.1 Å². The highest BCUT2D eigenvalue weighted by Gasteiger charge is 2.38. The van der Waals surface area contributed by atoms with E-state index in [1.807, 2.05) is 66.0 Å². The van der Waals surface area contributed by atoms with Crippen LogP contribution in [0.1, 0.15) is 82.0 Å². The largest absolute Gasteiger partial charge is 0.391 e. The van der Waals surface area contributed by atoms with Crippen molar-refractivity contribution in [1.29, 1.82) is 0 Å². The Balaban J connectivity index is 1.57. The number of carbonyl (C=O) groups excluding carboxylic acids is 4. The first kappa shape index (κ1) is 41.6. The number of aliphatic hydroxyl groups is 2. The maximum Gasteiger partial charge on any atom is 0.243 e. The van der Waals surface area contributed by atoms with Crippen LogP contribution in [0.2, 0.25) is 0 Å². The van der Waals surface area contributed by atoms with Gasteiger partial charge in [-0.2, -0.15) is 0 Å². The molecule has 5 atom stereocenters. The summed E-state index contributed by atoms with van der Waals surface area (Å²) in [6, 6.07) is 17.3. The number of hydrogen-bond donors (Lipinski definition) is 5. The molecule has 0 bridgehead atoms. The van der Waals surface area contributed by atoms with Crippen LogP contribution in [0.5, 0.6) is 0 Å². The number of carbonyl (C=O) groups is 4. The van der Waals surface area contributed by atoms with Crippen LogP contribution in [-0.4, -0.2) is 81.6 Å².